The molecular weight excluding hydrogens is 545 g/mol. The van der Waals surface area contributed by atoms with E-state index in [9.17, 15) is 22.8 Å². The normalized spacial score (nSPS) is 11.5. The van der Waals surface area contributed by atoms with E-state index in [-0.39, 0.29) is 47.8 Å². The molecule has 2 aromatic carbocycles. The number of carbonyl (C=O) groups excluding carboxylic acids is 2. The van der Waals surface area contributed by atoms with Crippen molar-refractivity contribution in [3.8, 4) is 5.75 Å². The molecule has 0 unspecified atom stereocenters. The number of nitrogens with zero attached hydrogens (tertiary/aromatic N) is 4. The van der Waals surface area contributed by atoms with Crippen molar-refractivity contribution >= 4 is 38.6 Å². The lowest BCUT2D eigenvalue weighted by Gasteiger charge is -2.15. The van der Waals surface area contributed by atoms with Gasteiger partial charge in [0.05, 0.1) is 23.9 Å². The first-order chi connectivity index (χ1) is 17.2. The van der Waals surface area contributed by atoms with E-state index in [1.54, 1.807) is 31.2 Å². The van der Waals surface area contributed by atoms with Crippen molar-refractivity contribution in [1.29, 1.82) is 0 Å². The second-order valence-corrected chi connectivity index (χ2v) is 8.46. The number of para-hydroxylation sites is 1. The molecule has 2 heterocycles. The molecule has 4 rings (SSSR count). The van der Waals surface area contributed by atoms with Crippen LogP contribution >= 0.6 is 15.9 Å². The number of benzene rings is 2. The third-order valence-electron chi connectivity index (χ3n) is 5.07. The Hall–Kier alpha value is -3.80. The number of carbonyl (C=O) groups is 2. The Balaban J connectivity index is 1.60. The van der Waals surface area contributed by atoms with Crippen molar-refractivity contribution in [1.82, 2.24) is 20.0 Å². The third kappa shape index (κ3) is 5.54. The predicted molar refractivity (Wildman–Crippen MR) is 126 cm³/mol. The summed E-state index contributed by atoms with van der Waals surface area (Å²) < 4.78 is 53.5. The molecule has 0 amide bonds. The maximum absolute atomic E-state index is 13.5. The fraction of sp³-hybridized carbons (Fsp3) is 0.208. The number of Topliss-reactive ketones (excluding diaryl/α,β-unsaturated/α-hetero) is 1. The summed E-state index contributed by atoms with van der Waals surface area (Å²) in [7, 11) is 0. The monoisotopic (exact) mass is 562 g/mol. The Kier molecular flexibility index (Phi) is 7.34. The molecule has 0 fully saturated rings. The van der Waals surface area contributed by atoms with Crippen molar-refractivity contribution in [2.45, 2.75) is 26.3 Å². The van der Waals surface area contributed by atoms with Crippen LogP contribution in [0.3, 0.4) is 0 Å². The van der Waals surface area contributed by atoms with Gasteiger partial charge in [-0.3, -0.25) is 9.78 Å². The highest BCUT2D eigenvalue weighted by molar-refractivity contribution is 9.10. The number of aromatic nitrogens is 4. The number of hydrogen-bond donors (Lipinski definition) is 0. The molecule has 8 nitrogen and oxygen atoms in total. The summed E-state index contributed by atoms with van der Waals surface area (Å²) in [4.78, 5) is 28.8. The Bertz CT molecular complexity index is 1420. The number of ether oxygens (including phenoxy) is 2. The van der Waals surface area contributed by atoms with Gasteiger partial charge in [0.25, 0.3) is 0 Å². The minimum atomic E-state index is -4.65. The molecular formula is C24H18BrF3N4O4. The van der Waals surface area contributed by atoms with Crippen molar-refractivity contribution in [2.24, 2.45) is 0 Å². The number of pyridine rings is 1. The number of rotatable bonds is 8. The van der Waals surface area contributed by atoms with Crippen LogP contribution in [0.2, 0.25) is 0 Å². The summed E-state index contributed by atoms with van der Waals surface area (Å²) in [5.74, 6) is -1.10. The zero-order valence-electron chi connectivity index (χ0n) is 18.8. The number of esters is 1. The van der Waals surface area contributed by atoms with Crippen molar-refractivity contribution < 1.29 is 32.2 Å². The minimum absolute atomic E-state index is 0.00631. The predicted octanol–water partition coefficient (Wildman–Crippen LogP) is 5.25. The number of halogens is 4. The summed E-state index contributed by atoms with van der Waals surface area (Å²) in [6.07, 6.45) is -2.18. The van der Waals surface area contributed by atoms with Crippen LogP contribution in [0, 0.1) is 0 Å². The van der Waals surface area contributed by atoms with Crippen LogP contribution in [0.4, 0.5) is 13.2 Å². The molecule has 0 saturated heterocycles. The van der Waals surface area contributed by atoms with Gasteiger partial charge in [0.2, 0.25) is 0 Å². The van der Waals surface area contributed by atoms with Gasteiger partial charge in [-0.1, -0.05) is 39.3 Å². The van der Waals surface area contributed by atoms with E-state index >= 15 is 0 Å². The van der Waals surface area contributed by atoms with Gasteiger partial charge in [0.1, 0.15) is 30.2 Å². The highest BCUT2D eigenvalue weighted by Crippen LogP contribution is 2.38. The van der Waals surface area contributed by atoms with E-state index in [1.165, 1.54) is 23.0 Å². The van der Waals surface area contributed by atoms with Crippen LogP contribution in [0.25, 0.3) is 10.9 Å². The van der Waals surface area contributed by atoms with Crippen LogP contribution in [-0.4, -0.2) is 38.3 Å². The zero-order chi connectivity index (χ0) is 25.9. The summed E-state index contributed by atoms with van der Waals surface area (Å²) in [6, 6.07) is 10.3. The topological polar surface area (TPSA) is 96.2 Å². The molecule has 2 aromatic heterocycles. The van der Waals surface area contributed by atoms with E-state index in [0.717, 1.165) is 16.7 Å². The molecule has 4 aromatic rings. The average Bonchev–Trinajstić information content (AvgIpc) is 3.29. The molecule has 0 aliphatic heterocycles. The highest BCUT2D eigenvalue weighted by Gasteiger charge is 2.34. The van der Waals surface area contributed by atoms with Gasteiger partial charge < -0.3 is 9.47 Å². The Morgan fingerprint density at radius 2 is 1.86 bits per heavy atom. The van der Waals surface area contributed by atoms with Gasteiger partial charge in [0.15, 0.2) is 5.78 Å². The van der Waals surface area contributed by atoms with E-state index < -0.39 is 17.7 Å². The Morgan fingerprint density at radius 3 is 2.56 bits per heavy atom. The minimum Gasteiger partial charge on any atom is -0.485 e. The number of ketones is 1. The van der Waals surface area contributed by atoms with Gasteiger partial charge in [-0.2, -0.15) is 13.2 Å². The molecule has 0 saturated carbocycles. The smallest absolute Gasteiger partial charge is 0.418 e. The maximum atomic E-state index is 13.5. The van der Waals surface area contributed by atoms with Crippen molar-refractivity contribution in [2.75, 3.05) is 6.61 Å². The van der Waals surface area contributed by atoms with Crippen LogP contribution in [0.5, 0.6) is 5.75 Å². The first kappa shape index (κ1) is 25.3. The fourth-order valence-electron chi connectivity index (χ4n) is 3.44. The molecule has 0 N–H and O–H groups in total. The van der Waals surface area contributed by atoms with Gasteiger partial charge in [-0.15, -0.1) is 5.10 Å². The quantitative estimate of drug-likeness (QED) is 0.214. The van der Waals surface area contributed by atoms with Crippen LogP contribution in [-0.2, 0) is 24.1 Å². The second-order valence-electron chi connectivity index (χ2n) is 7.55. The van der Waals surface area contributed by atoms with E-state index in [2.05, 4.69) is 31.2 Å². The molecule has 0 bridgehead atoms. The zero-order valence-corrected chi connectivity index (χ0v) is 20.3. The first-order valence-electron chi connectivity index (χ1n) is 10.6. The maximum Gasteiger partial charge on any atom is 0.418 e. The van der Waals surface area contributed by atoms with Gasteiger partial charge >= 0.3 is 12.1 Å². The molecule has 0 radical (unpaired) electrons. The van der Waals surface area contributed by atoms with E-state index in [4.69, 9.17) is 9.47 Å². The van der Waals surface area contributed by atoms with Gasteiger partial charge in [-0.25, -0.2) is 9.48 Å². The average molecular weight is 563 g/mol. The van der Waals surface area contributed by atoms with Crippen molar-refractivity contribution in [3.63, 3.8) is 0 Å². The molecule has 36 heavy (non-hydrogen) atoms. The summed E-state index contributed by atoms with van der Waals surface area (Å²) in [6.45, 7) is 1.35. The van der Waals surface area contributed by atoms with Crippen LogP contribution in [0.1, 0.15) is 38.9 Å². The van der Waals surface area contributed by atoms with Gasteiger partial charge in [0, 0.05) is 21.6 Å². The molecule has 12 heteroatoms. The Morgan fingerprint density at radius 1 is 1.11 bits per heavy atom. The molecule has 0 atom stereocenters. The summed E-state index contributed by atoms with van der Waals surface area (Å²) >= 11 is 3.31. The highest BCUT2D eigenvalue weighted by atomic mass is 79.9. The number of hydrogen-bond acceptors (Lipinski definition) is 7. The van der Waals surface area contributed by atoms with E-state index in [1.807, 2.05) is 0 Å². The number of fused-ring (bicyclic) bond motifs is 1. The fourth-order valence-corrected chi connectivity index (χ4v) is 3.70. The first-order valence-corrected chi connectivity index (χ1v) is 11.4. The summed E-state index contributed by atoms with van der Waals surface area (Å²) in [5.41, 5.74) is -0.657. The standard InChI is InChI=1S/C24H18BrF3N4O4/c1-2-35-23(34)18-10-29-21-17(4-3-5-19(21)24(26,27)28)22(18)36-13-16-11-32(31-30-16)12-20(33)14-6-8-15(25)9-7-14/h3-11H,2,12-13H2,1H3. The largest absolute Gasteiger partial charge is 0.485 e. The van der Waals surface area contributed by atoms with Crippen molar-refractivity contribution in [3.05, 3.63) is 81.7 Å². The number of alkyl halides is 3. The Labute approximate surface area is 211 Å². The third-order valence-corrected chi connectivity index (χ3v) is 5.60. The SMILES string of the molecule is CCOC(=O)c1cnc2c(C(F)(F)F)cccc2c1OCc1cn(CC(=O)c2ccc(Br)cc2)nn1. The van der Waals surface area contributed by atoms with Gasteiger partial charge in [-0.05, 0) is 31.2 Å². The molecule has 0 spiro atoms. The lowest BCUT2D eigenvalue weighted by Crippen LogP contribution is -2.12. The van der Waals surface area contributed by atoms with Crippen LogP contribution < -0.4 is 4.74 Å². The molecule has 0 aliphatic carbocycles. The lowest BCUT2D eigenvalue weighted by atomic mass is 10.1. The van der Waals surface area contributed by atoms with E-state index in [0.29, 0.717) is 11.3 Å². The van der Waals surface area contributed by atoms with Crippen LogP contribution in [0.15, 0.2) is 59.3 Å². The molecule has 186 valence electrons. The molecule has 0 aliphatic rings. The lowest BCUT2D eigenvalue weighted by molar-refractivity contribution is -0.136. The second kappa shape index (κ2) is 10.4. The summed E-state index contributed by atoms with van der Waals surface area (Å²) in [5, 5.41) is 7.86.